The molecule has 0 unspecified atom stereocenters. The van der Waals surface area contributed by atoms with Crippen LogP contribution in [0.25, 0.3) is 0 Å². The topological polar surface area (TPSA) is 62.3 Å². The Morgan fingerprint density at radius 1 is 1.09 bits per heavy atom. The molecule has 1 saturated heterocycles. The number of hydrogen-bond donors (Lipinski definition) is 1. The second-order valence-corrected chi connectivity index (χ2v) is 5.61. The summed E-state index contributed by atoms with van der Waals surface area (Å²) in [7, 11) is 0. The molecule has 0 bridgehead atoms. The lowest BCUT2D eigenvalue weighted by molar-refractivity contribution is -0.121. The van der Waals surface area contributed by atoms with E-state index in [0.29, 0.717) is 24.2 Å². The van der Waals surface area contributed by atoms with Gasteiger partial charge in [0.05, 0.1) is 11.9 Å². The van der Waals surface area contributed by atoms with Gasteiger partial charge >= 0.3 is 0 Å². The fraction of sp³-hybridized carbons (Fsp3) is 0.278. The molecule has 0 saturated carbocycles. The SMILES string of the molecule is O=C(Nc1cccnc1)[C@@H]1CCCCN1C(=O)c1ccccc1. The number of anilines is 1. The molecule has 1 aliphatic heterocycles. The highest BCUT2D eigenvalue weighted by Crippen LogP contribution is 2.21. The van der Waals surface area contributed by atoms with Crippen molar-refractivity contribution in [1.29, 1.82) is 0 Å². The smallest absolute Gasteiger partial charge is 0.254 e. The number of nitrogens with one attached hydrogen (secondary N) is 1. The molecule has 2 heterocycles. The van der Waals surface area contributed by atoms with E-state index in [4.69, 9.17) is 0 Å². The van der Waals surface area contributed by atoms with Gasteiger partial charge < -0.3 is 10.2 Å². The molecule has 0 aliphatic carbocycles. The van der Waals surface area contributed by atoms with Gasteiger partial charge in [-0.15, -0.1) is 0 Å². The van der Waals surface area contributed by atoms with Crippen LogP contribution in [0.3, 0.4) is 0 Å². The Balaban J connectivity index is 1.76. The number of pyridine rings is 1. The second kappa shape index (κ2) is 7.05. The second-order valence-electron chi connectivity index (χ2n) is 5.61. The van der Waals surface area contributed by atoms with Crippen molar-refractivity contribution in [3.8, 4) is 0 Å². The zero-order valence-electron chi connectivity index (χ0n) is 12.8. The maximum atomic E-state index is 12.7. The van der Waals surface area contributed by atoms with E-state index in [-0.39, 0.29) is 11.8 Å². The Morgan fingerprint density at radius 3 is 2.65 bits per heavy atom. The van der Waals surface area contributed by atoms with Crippen molar-refractivity contribution in [1.82, 2.24) is 9.88 Å². The van der Waals surface area contributed by atoms with Gasteiger partial charge in [-0.05, 0) is 43.5 Å². The van der Waals surface area contributed by atoms with Crippen molar-refractivity contribution in [3.05, 3.63) is 60.4 Å². The average molecular weight is 309 g/mol. The average Bonchev–Trinajstić information content (AvgIpc) is 2.62. The summed E-state index contributed by atoms with van der Waals surface area (Å²) in [6, 6.07) is 12.2. The third kappa shape index (κ3) is 3.56. The van der Waals surface area contributed by atoms with Crippen LogP contribution in [0, 0.1) is 0 Å². The molecule has 5 heteroatoms. The molecule has 1 fully saturated rings. The van der Waals surface area contributed by atoms with Crippen LogP contribution in [-0.2, 0) is 4.79 Å². The summed E-state index contributed by atoms with van der Waals surface area (Å²) in [6.45, 7) is 0.610. The molecular formula is C18H19N3O2. The number of hydrogen-bond acceptors (Lipinski definition) is 3. The highest BCUT2D eigenvalue weighted by Gasteiger charge is 2.32. The Kier molecular flexibility index (Phi) is 4.66. The van der Waals surface area contributed by atoms with Crippen molar-refractivity contribution in [3.63, 3.8) is 0 Å². The van der Waals surface area contributed by atoms with Crippen LogP contribution >= 0.6 is 0 Å². The first-order chi connectivity index (χ1) is 11.3. The van der Waals surface area contributed by atoms with Crippen LogP contribution in [0.1, 0.15) is 29.6 Å². The van der Waals surface area contributed by atoms with E-state index in [1.165, 1.54) is 0 Å². The van der Waals surface area contributed by atoms with Crippen molar-refractivity contribution < 1.29 is 9.59 Å². The first-order valence-electron chi connectivity index (χ1n) is 7.82. The maximum absolute atomic E-state index is 12.7. The van der Waals surface area contributed by atoms with Crippen LogP contribution < -0.4 is 5.32 Å². The predicted molar refractivity (Wildman–Crippen MR) is 88.0 cm³/mol. The molecule has 23 heavy (non-hydrogen) atoms. The lowest BCUT2D eigenvalue weighted by Gasteiger charge is -2.34. The molecule has 1 atom stereocenters. The number of carbonyl (C=O) groups excluding carboxylic acids is 2. The summed E-state index contributed by atoms with van der Waals surface area (Å²) in [5, 5.41) is 2.85. The van der Waals surface area contributed by atoms with E-state index in [2.05, 4.69) is 10.3 Å². The van der Waals surface area contributed by atoms with E-state index >= 15 is 0 Å². The summed E-state index contributed by atoms with van der Waals surface area (Å²) in [4.78, 5) is 31.0. The third-order valence-electron chi connectivity index (χ3n) is 4.02. The highest BCUT2D eigenvalue weighted by atomic mass is 16.2. The fourth-order valence-electron chi connectivity index (χ4n) is 2.86. The van der Waals surface area contributed by atoms with Gasteiger partial charge in [0.15, 0.2) is 0 Å². The van der Waals surface area contributed by atoms with Crippen LogP contribution in [0.5, 0.6) is 0 Å². The number of rotatable bonds is 3. The minimum absolute atomic E-state index is 0.0864. The summed E-state index contributed by atoms with van der Waals surface area (Å²) in [5.41, 5.74) is 1.27. The molecular weight excluding hydrogens is 290 g/mol. The largest absolute Gasteiger partial charge is 0.327 e. The standard InChI is InChI=1S/C18H19N3O2/c22-17(20-15-9-6-11-19-13-15)16-10-4-5-12-21(16)18(23)14-7-2-1-3-8-14/h1-3,6-9,11,13,16H,4-5,10,12H2,(H,20,22)/t16-/m0/s1. The summed E-state index contributed by atoms with van der Waals surface area (Å²) in [5.74, 6) is -0.237. The van der Waals surface area contributed by atoms with Gasteiger partial charge in [0, 0.05) is 18.3 Å². The van der Waals surface area contributed by atoms with Crippen LogP contribution in [0.15, 0.2) is 54.9 Å². The fourth-order valence-corrected chi connectivity index (χ4v) is 2.86. The Hall–Kier alpha value is -2.69. The van der Waals surface area contributed by atoms with Gasteiger partial charge in [-0.2, -0.15) is 0 Å². The number of nitrogens with zero attached hydrogens (tertiary/aromatic N) is 2. The number of piperidine rings is 1. The van der Waals surface area contributed by atoms with E-state index in [1.54, 1.807) is 41.6 Å². The van der Waals surface area contributed by atoms with Gasteiger partial charge in [-0.3, -0.25) is 14.6 Å². The number of amides is 2. The third-order valence-corrected chi connectivity index (χ3v) is 4.02. The van der Waals surface area contributed by atoms with Crippen molar-refractivity contribution in [2.24, 2.45) is 0 Å². The van der Waals surface area contributed by atoms with Crippen LogP contribution in [-0.4, -0.2) is 34.3 Å². The zero-order valence-corrected chi connectivity index (χ0v) is 12.8. The van der Waals surface area contributed by atoms with Gasteiger partial charge in [-0.25, -0.2) is 0 Å². The predicted octanol–water partition coefficient (Wildman–Crippen LogP) is 2.72. The molecule has 1 N–H and O–H groups in total. The lowest BCUT2D eigenvalue weighted by atomic mass is 10.00. The molecule has 0 spiro atoms. The highest BCUT2D eigenvalue weighted by molar-refractivity contribution is 6.01. The molecule has 3 rings (SSSR count). The van der Waals surface area contributed by atoms with Crippen LogP contribution in [0.4, 0.5) is 5.69 Å². The van der Waals surface area contributed by atoms with Crippen LogP contribution in [0.2, 0.25) is 0 Å². The number of benzene rings is 1. The summed E-state index contributed by atoms with van der Waals surface area (Å²) < 4.78 is 0. The Morgan fingerprint density at radius 2 is 1.91 bits per heavy atom. The number of aromatic nitrogens is 1. The minimum Gasteiger partial charge on any atom is -0.327 e. The van der Waals surface area contributed by atoms with Crippen molar-refractivity contribution in [2.75, 3.05) is 11.9 Å². The van der Waals surface area contributed by atoms with E-state index in [1.807, 2.05) is 18.2 Å². The molecule has 118 valence electrons. The summed E-state index contributed by atoms with van der Waals surface area (Å²) in [6.07, 6.45) is 5.81. The van der Waals surface area contributed by atoms with Gasteiger partial charge in [0.25, 0.3) is 5.91 Å². The van der Waals surface area contributed by atoms with E-state index in [0.717, 1.165) is 12.8 Å². The minimum atomic E-state index is -0.434. The van der Waals surface area contributed by atoms with Gasteiger partial charge in [0.1, 0.15) is 6.04 Å². The van der Waals surface area contributed by atoms with E-state index in [9.17, 15) is 9.59 Å². The molecule has 5 nitrogen and oxygen atoms in total. The molecule has 1 aromatic carbocycles. The van der Waals surface area contributed by atoms with E-state index < -0.39 is 6.04 Å². The maximum Gasteiger partial charge on any atom is 0.254 e. The van der Waals surface area contributed by atoms with Crippen molar-refractivity contribution in [2.45, 2.75) is 25.3 Å². The lowest BCUT2D eigenvalue weighted by Crippen LogP contribution is -2.50. The Bertz CT molecular complexity index is 673. The molecule has 1 aromatic heterocycles. The first-order valence-corrected chi connectivity index (χ1v) is 7.82. The number of carbonyl (C=O) groups is 2. The zero-order chi connectivity index (χ0) is 16.1. The van der Waals surface area contributed by atoms with Gasteiger partial charge in [-0.1, -0.05) is 18.2 Å². The number of likely N-dealkylation sites (tertiary alicyclic amines) is 1. The normalized spacial score (nSPS) is 17.6. The molecule has 2 amide bonds. The Labute approximate surface area is 135 Å². The molecule has 1 aliphatic rings. The van der Waals surface area contributed by atoms with Gasteiger partial charge in [0.2, 0.25) is 5.91 Å². The quantitative estimate of drug-likeness (QED) is 0.948. The summed E-state index contributed by atoms with van der Waals surface area (Å²) >= 11 is 0. The molecule has 0 radical (unpaired) electrons. The monoisotopic (exact) mass is 309 g/mol. The first kappa shape index (κ1) is 15.2. The van der Waals surface area contributed by atoms with Crippen molar-refractivity contribution >= 4 is 17.5 Å². The molecule has 2 aromatic rings.